The minimum Gasteiger partial charge on any atom is -0.244 e. The van der Waals surface area contributed by atoms with Crippen LogP contribution in [0, 0.1) is 3.57 Å². The summed E-state index contributed by atoms with van der Waals surface area (Å²) in [6, 6.07) is 0. The molecule has 0 N–H and O–H groups in total. The fraction of sp³-hybridized carbons (Fsp3) is 0.556. The van der Waals surface area contributed by atoms with Gasteiger partial charge in [-0.3, -0.25) is 0 Å². The molecule has 0 fully saturated rings. The first-order valence-corrected chi connectivity index (χ1v) is 5.77. The maximum atomic E-state index is 6.09. The zero-order chi connectivity index (χ0) is 9.84. The van der Waals surface area contributed by atoms with E-state index in [1.165, 1.54) is 0 Å². The number of rotatable bonds is 3. The third-order valence-electron chi connectivity index (χ3n) is 2.04. The van der Waals surface area contributed by atoms with Crippen LogP contribution < -0.4 is 0 Å². The molecule has 0 spiro atoms. The van der Waals surface area contributed by atoms with E-state index >= 15 is 0 Å². The van der Waals surface area contributed by atoms with E-state index in [4.69, 9.17) is 11.6 Å². The first kappa shape index (κ1) is 11.2. The third-order valence-corrected chi connectivity index (χ3v) is 3.18. The lowest BCUT2D eigenvalue weighted by Gasteiger charge is -2.17. The Hall–Kier alpha value is 0.1000. The van der Waals surface area contributed by atoms with E-state index in [1.807, 2.05) is 13.1 Å². The second kappa shape index (κ2) is 5.10. The summed E-state index contributed by atoms with van der Waals surface area (Å²) in [5.74, 6) is 0.330. The normalized spacial score (nSPS) is 15.4. The third kappa shape index (κ3) is 2.77. The molecule has 0 saturated carbocycles. The van der Waals surface area contributed by atoms with Crippen molar-refractivity contribution < 1.29 is 0 Å². The Labute approximate surface area is 97.3 Å². The zero-order valence-corrected chi connectivity index (χ0v) is 10.6. The van der Waals surface area contributed by atoms with Crippen LogP contribution in [0.2, 0.25) is 0 Å². The summed E-state index contributed by atoms with van der Waals surface area (Å²) in [7, 11) is 0. The van der Waals surface area contributed by atoms with Crippen molar-refractivity contribution >= 4 is 34.2 Å². The van der Waals surface area contributed by atoms with Gasteiger partial charge in [-0.2, -0.15) is 0 Å². The number of nitrogens with zero attached hydrogens (tertiary/aromatic N) is 2. The van der Waals surface area contributed by atoms with Crippen molar-refractivity contribution in [3.8, 4) is 0 Å². The van der Waals surface area contributed by atoms with Crippen molar-refractivity contribution in [2.75, 3.05) is 0 Å². The molecule has 2 atom stereocenters. The van der Waals surface area contributed by atoms with Crippen molar-refractivity contribution in [2.45, 2.75) is 31.6 Å². The van der Waals surface area contributed by atoms with Gasteiger partial charge in [-0.25, -0.2) is 9.97 Å². The maximum Gasteiger partial charge on any atom is 0.115 e. The zero-order valence-electron chi connectivity index (χ0n) is 7.67. The van der Waals surface area contributed by atoms with Crippen LogP contribution in [0.25, 0.3) is 0 Å². The van der Waals surface area contributed by atoms with Crippen LogP contribution in [0.3, 0.4) is 0 Å². The predicted octanol–water partition coefficient (Wildman–Crippen LogP) is 3.20. The SMILES string of the molecule is CCC(c1ncncc1I)C(C)Cl. The van der Waals surface area contributed by atoms with E-state index in [0.29, 0.717) is 5.92 Å². The number of halogens is 2. The van der Waals surface area contributed by atoms with Crippen LogP contribution in [0.5, 0.6) is 0 Å². The molecule has 72 valence electrons. The Balaban J connectivity index is 2.97. The van der Waals surface area contributed by atoms with Gasteiger partial charge in [-0.15, -0.1) is 11.6 Å². The summed E-state index contributed by atoms with van der Waals surface area (Å²) in [5, 5.41) is 0.119. The summed E-state index contributed by atoms with van der Waals surface area (Å²) in [6.07, 6.45) is 4.42. The van der Waals surface area contributed by atoms with Crippen LogP contribution in [0.4, 0.5) is 0 Å². The number of aromatic nitrogens is 2. The fourth-order valence-corrected chi connectivity index (χ4v) is 2.33. The minimum absolute atomic E-state index is 0.119. The average Bonchev–Trinajstić information content (AvgIpc) is 2.09. The van der Waals surface area contributed by atoms with Gasteiger partial charge in [0.15, 0.2) is 0 Å². The molecule has 0 amide bonds. The highest BCUT2D eigenvalue weighted by Gasteiger charge is 2.18. The lowest BCUT2D eigenvalue weighted by Crippen LogP contribution is -2.12. The maximum absolute atomic E-state index is 6.09. The van der Waals surface area contributed by atoms with Gasteiger partial charge in [0.25, 0.3) is 0 Å². The first-order valence-electron chi connectivity index (χ1n) is 4.26. The highest BCUT2D eigenvalue weighted by molar-refractivity contribution is 14.1. The Kier molecular flexibility index (Phi) is 4.38. The monoisotopic (exact) mass is 310 g/mol. The van der Waals surface area contributed by atoms with Gasteiger partial charge in [0.05, 0.1) is 9.26 Å². The minimum atomic E-state index is 0.119. The molecule has 13 heavy (non-hydrogen) atoms. The first-order chi connectivity index (χ1) is 6.16. The van der Waals surface area contributed by atoms with Gasteiger partial charge < -0.3 is 0 Å². The van der Waals surface area contributed by atoms with Gasteiger partial charge in [0.2, 0.25) is 0 Å². The van der Waals surface area contributed by atoms with E-state index in [9.17, 15) is 0 Å². The number of alkyl halides is 1. The molecular weight excluding hydrogens is 298 g/mol. The highest BCUT2D eigenvalue weighted by atomic mass is 127. The molecule has 1 heterocycles. The molecule has 0 radical (unpaired) electrons. The van der Waals surface area contributed by atoms with E-state index < -0.39 is 0 Å². The molecule has 0 bridgehead atoms. The van der Waals surface area contributed by atoms with Gasteiger partial charge in [0, 0.05) is 17.5 Å². The predicted molar refractivity (Wildman–Crippen MR) is 63.1 cm³/mol. The smallest absolute Gasteiger partial charge is 0.115 e. The molecule has 0 aliphatic rings. The molecule has 0 aromatic carbocycles. The summed E-state index contributed by atoms with van der Waals surface area (Å²) < 4.78 is 1.10. The Bertz CT molecular complexity index is 278. The second-order valence-corrected chi connectivity index (χ2v) is 4.80. The van der Waals surface area contributed by atoms with E-state index in [2.05, 4.69) is 39.5 Å². The molecule has 0 saturated heterocycles. The van der Waals surface area contributed by atoms with E-state index in [0.717, 1.165) is 15.7 Å². The number of hydrogen-bond acceptors (Lipinski definition) is 2. The molecule has 1 aromatic rings. The summed E-state index contributed by atoms with van der Waals surface area (Å²) in [5.41, 5.74) is 1.07. The van der Waals surface area contributed by atoms with E-state index in [-0.39, 0.29) is 5.38 Å². The Morgan fingerprint density at radius 3 is 2.77 bits per heavy atom. The molecule has 2 unspecified atom stereocenters. The average molecular weight is 311 g/mol. The van der Waals surface area contributed by atoms with Crippen molar-refractivity contribution in [3.63, 3.8) is 0 Å². The van der Waals surface area contributed by atoms with Crippen molar-refractivity contribution in [3.05, 3.63) is 21.8 Å². The molecule has 0 aliphatic heterocycles. The number of hydrogen-bond donors (Lipinski definition) is 0. The van der Waals surface area contributed by atoms with Gasteiger partial charge in [-0.05, 0) is 35.9 Å². The van der Waals surface area contributed by atoms with Crippen molar-refractivity contribution in [1.29, 1.82) is 0 Å². The van der Waals surface area contributed by atoms with Gasteiger partial charge in [0.1, 0.15) is 6.33 Å². The second-order valence-electron chi connectivity index (χ2n) is 2.95. The van der Waals surface area contributed by atoms with Crippen LogP contribution >= 0.6 is 34.2 Å². The molecular formula is C9H12ClIN2. The van der Waals surface area contributed by atoms with Crippen molar-refractivity contribution in [1.82, 2.24) is 9.97 Å². The van der Waals surface area contributed by atoms with Crippen molar-refractivity contribution in [2.24, 2.45) is 0 Å². The largest absolute Gasteiger partial charge is 0.244 e. The molecule has 2 nitrogen and oxygen atoms in total. The summed E-state index contributed by atoms with van der Waals surface area (Å²) in [6.45, 7) is 4.13. The highest BCUT2D eigenvalue weighted by Crippen LogP contribution is 2.27. The van der Waals surface area contributed by atoms with Crippen LogP contribution in [-0.2, 0) is 0 Å². The fourth-order valence-electron chi connectivity index (χ4n) is 1.33. The molecule has 4 heteroatoms. The molecule has 1 aromatic heterocycles. The topological polar surface area (TPSA) is 25.8 Å². The lowest BCUT2D eigenvalue weighted by molar-refractivity contribution is 0.624. The van der Waals surface area contributed by atoms with Gasteiger partial charge >= 0.3 is 0 Å². The summed E-state index contributed by atoms with van der Waals surface area (Å²) >= 11 is 8.34. The molecule has 0 aliphatic carbocycles. The Morgan fingerprint density at radius 2 is 2.31 bits per heavy atom. The lowest BCUT2D eigenvalue weighted by atomic mass is 9.99. The van der Waals surface area contributed by atoms with Gasteiger partial charge in [-0.1, -0.05) is 6.92 Å². The van der Waals surface area contributed by atoms with E-state index in [1.54, 1.807) is 6.33 Å². The van der Waals surface area contributed by atoms with Crippen LogP contribution in [-0.4, -0.2) is 15.3 Å². The molecule has 1 rings (SSSR count). The van der Waals surface area contributed by atoms with Crippen LogP contribution in [0.1, 0.15) is 31.9 Å². The quantitative estimate of drug-likeness (QED) is 0.633. The Morgan fingerprint density at radius 1 is 1.62 bits per heavy atom. The summed E-state index contributed by atoms with van der Waals surface area (Å²) in [4.78, 5) is 8.23. The standard InChI is InChI=1S/C9H12ClIN2/c1-3-7(6(2)10)9-8(11)4-12-5-13-9/h4-7H,3H2,1-2H3. The van der Waals surface area contributed by atoms with Crippen LogP contribution in [0.15, 0.2) is 12.5 Å².